The zero-order chi connectivity index (χ0) is 17.6. The third-order valence-electron chi connectivity index (χ3n) is 5.42. The number of unbranched alkanes of at least 4 members (excludes halogenated alkanes) is 2. The Labute approximate surface area is 150 Å². The van der Waals surface area contributed by atoms with E-state index in [-0.39, 0.29) is 12.2 Å². The van der Waals surface area contributed by atoms with Crippen molar-refractivity contribution >= 4 is 0 Å². The van der Waals surface area contributed by atoms with E-state index in [2.05, 4.69) is 27.7 Å². The molecule has 1 aliphatic rings. The summed E-state index contributed by atoms with van der Waals surface area (Å²) in [5, 5.41) is 0. The Morgan fingerprint density at radius 1 is 0.917 bits per heavy atom. The van der Waals surface area contributed by atoms with Crippen LogP contribution in [0.4, 0.5) is 0 Å². The van der Waals surface area contributed by atoms with Crippen molar-refractivity contribution in [2.24, 2.45) is 11.8 Å². The first-order valence-corrected chi connectivity index (χ1v) is 10.6. The molecule has 0 aromatic carbocycles. The van der Waals surface area contributed by atoms with Gasteiger partial charge >= 0.3 is 0 Å². The van der Waals surface area contributed by atoms with Gasteiger partial charge in [0.25, 0.3) is 0 Å². The van der Waals surface area contributed by atoms with Gasteiger partial charge in [-0.3, -0.25) is 0 Å². The molecule has 0 amide bonds. The Hall–Kier alpha value is -0.120. The Morgan fingerprint density at radius 2 is 1.54 bits per heavy atom. The molecule has 1 saturated heterocycles. The van der Waals surface area contributed by atoms with Crippen molar-refractivity contribution < 1.29 is 14.2 Å². The molecule has 1 aliphatic heterocycles. The fourth-order valence-corrected chi connectivity index (χ4v) is 3.38. The largest absolute Gasteiger partial charge is 0.378 e. The van der Waals surface area contributed by atoms with Crippen molar-refractivity contribution in [2.45, 2.75) is 97.7 Å². The third-order valence-corrected chi connectivity index (χ3v) is 5.42. The van der Waals surface area contributed by atoms with E-state index in [1.807, 2.05) is 0 Å². The van der Waals surface area contributed by atoms with Crippen LogP contribution in [0.25, 0.3) is 0 Å². The number of hydrogen-bond donors (Lipinski definition) is 0. The summed E-state index contributed by atoms with van der Waals surface area (Å²) in [7, 11) is 0. The highest BCUT2D eigenvalue weighted by atomic mass is 16.6. The van der Waals surface area contributed by atoms with Crippen LogP contribution in [0.1, 0.15) is 85.5 Å². The number of ether oxygens (including phenoxy) is 3. The first-order valence-electron chi connectivity index (χ1n) is 10.6. The molecule has 0 N–H and O–H groups in total. The van der Waals surface area contributed by atoms with Gasteiger partial charge < -0.3 is 14.2 Å². The van der Waals surface area contributed by atoms with Gasteiger partial charge in [0.05, 0.1) is 12.7 Å². The average molecular weight is 343 g/mol. The monoisotopic (exact) mass is 342 g/mol. The second kappa shape index (κ2) is 14.1. The standard InChI is InChI=1S/C21H42O3/c1-5-9-11-18(7-3)15-22-17-21-20(13-14-23-21)24-16-19(8-4)12-10-6-2/h18-21H,5-17H2,1-4H3/t18?,19?,20-,21-/m1/s1. The van der Waals surface area contributed by atoms with Gasteiger partial charge in [0.2, 0.25) is 0 Å². The quantitative estimate of drug-likeness (QED) is 0.387. The number of hydrogen-bond acceptors (Lipinski definition) is 3. The van der Waals surface area contributed by atoms with Gasteiger partial charge in [0, 0.05) is 19.8 Å². The van der Waals surface area contributed by atoms with Gasteiger partial charge in [-0.15, -0.1) is 0 Å². The highest BCUT2D eigenvalue weighted by molar-refractivity contribution is 4.77. The van der Waals surface area contributed by atoms with E-state index >= 15 is 0 Å². The van der Waals surface area contributed by atoms with Gasteiger partial charge in [-0.1, -0.05) is 66.2 Å². The molecule has 1 fully saturated rings. The number of rotatable bonds is 15. The van der Waals surface area contributed by atoms with Gasteiger partial charge in [-0.25, -0.2) is 0 Å². The van der Waals surface area contributed by atoms with Crippen molar-refractivity contribution in [3.05, 3.63) is 0 Å². The fraction of sp³-hybridized carbons (Fsp3) is 1.00. The molecule has 2 unspecified atom stereocenters. The molecular weight excluding hydrogens is 300 g/mol. The summed E-state index contributed by atoms with van der Waals surface area (Å²) in [4.78, 5) is 0. The molecule has 144 valence electrons. The molecule has 0 radical (unpaired) electrons. The van der Waals surface area contributed by atoms with Crippen LogP contribution < -0.4 is 0 Å². The van der Waals surface area contributed by atoms with E-state index in [1.54, 1.807) is 0 Å². The van der Waals surface area contributed by atoms with E-state index in [4.69, 9.17) is 14.2 Å². The maximum atomic E-state index is 6.21. The summed E-state index contributed by atoms with van der Waals surface area (Å²) in [6, 6.07) is 0. The maximum Gasteiger partial charge on any atom is 0.107 e. The molecule has 0 spiro atoms. The van der Waals surface area contributed by atoms with Crippen molar-refractivity contribution in [1.82, 2.24) is 0 Å². The minimum absolute atomic E-state index is 0.136. The Balaban J connectivity index is 2.24. The van der Waals surface area contributed by atoms with E-state index in [1.165, 1.54) is 51.4 Å². The van der Waals surface area contributed by atoms with Crippen molar-refractivity contribution in [2.75, 3.05) is 26.4 Å². The van der Waals surface area contributed by atoms with E-state index in [0.29, 0.717) is 18.4 Å². The minimum Gasteiger partial charge on any atom is -0.378 e. The lowest BCUT2D eigenvalue weighted by molar-refractivity contribution is -0.0640. The molecule has 0 bridgehead atoms. The fourth-order valence-electron chi connectivity index (χ4n) is 3.38. The highest BCUT2D eigenvalue weighted by Crippen LogP contribution is 2.21. The Kier molecular flexibility index (Phi) is 12.9. The van der Waals surface area contributed by atoms with Crippen LogP contribution in [0, 0.1) is 11.8 Å². The van der Waals surface area contributed by atoms with Crippen LogP contribution in [-0.2, 0) is 14.2 Å². The summed E-state index contributed by atoms with van der Waals surface area (Å²) < 4.78 is 18.1. The minimum atomic E-state index is 0.136. The molecule has 0 aromatic heterocycles. The van der Waals surface area contributed by atoms with Crippen LogP contribution in [0.2, 0.25) is 0 Å². The average Bonchev–Trinajstić information content (AvgIpc) is 3.05. The molecular formula is C21H42O3. The third kappa shape index (κ3) is 8.82. The van der Waals surface area contributed by atoms with E-state index < -0.39 is 0 Å². The zero-order valence-electron chi connectivity index (χ0n) is 16.7. The van der Waals surface area contributed by atoms with Gasteiger partial charge in [-0.2, -0.15) is 0 Å². The molecule has 1 rings (SSSR count). The van der Waals surface area contributed by atoms with Crippen LogP contribution in [0.5, 0.6) is 0 Å². The van der Waals surface area contributed by atoms with Crippen molar-refractivity contribution in [3.63, 3.8) is 0 Å². The summed E-state index contributed by atoms with van der Waals surface area (Å²) in [5.74, 6) is 1.40. The summed E-state index contributed by atoms with van der Waals surface area (Å²) in [6.07, 6.45) is 11.6. The second-order valence-corrected chi connectivity index (χ2v) is 7.44. The van der Waals surface area contributed by atoms with Crippen LogP contribution in [0.15, 0.2) is 0 Å². The molecule has 3 heteroatoms. The zero-order valence-corrected chi connectivity index (χ0v) is 16.7. The van der Waals surface area contributed by atoms with Crippen LogP contribution in [-0.4, -0.2) is 38.6 Å². The normalized spacial score (nSPS) is 23.5. The Morgan fingerprint density at radius 3 is 2.12 bits per heavy atom. The van der Waals surface area contributed by atoms with Gasteiger partial charge in [0.15, 0.2) is 0 Å². The van der Waals surface area contributed by atoms with E-state index in [0.717, 1.165) is 26.2 Å². The SMILES string of the molecule is CCCCC(CC)COC[C@H]1OCC[C@H]1OCC(CC)CCCC. The Bertz CT molecular complexity index is 282. The lowest BCUT2D eigenvalue weighted by Crippen LogP contribution is -2.31. The predicted octanol–water partition coefficient (Wildman–Crippen LogP) is 5.61. The summed E-state index contributed by atoms with van der Waals surface area (Å²) in [6.45, 7) is 12.3. The molecule has 4 atom stereocenters. The van der Waals surface area contributed by atoms with Crippen LogP contribution >= 0.6 is 0 Å². The van der Waals surface area contributed by atoms with Crippen LogP contribution in [0.3, 0.4) is 0 Å². The van der Waals surface area contributed by atoms with Crippen molar-refractivity contribution in [1.29, 1.82) is 0 Å². The van der Waals surface area contributed by atoms with E-state index in [9.17, 15) is 0 Å². The first kappa shape index (κ1) is 21.9. The summed E-state index contributed by atoms with van der Waals surface area (Å²) in [5.41, 5.74) is 0. The molecule has 0 aromatic rings. The smallest absolute Gasteiger partial charge is 0.107 e. The molecule has 0 aliphatic carbocycles. The van der Waals surface area contributed by atoms with Gasteiger partial charge in [0.1, 0.15) is 6.10 Å². The van der Waals surface area contributed by atoms with Gasteiger partial charge in [-0.05, 0) is 31.1 Å². The molecule has 3 nitrogen and oxygen atoms in total. The molecule has 24 heavy (non-hydrogen) atoms. The maximum absolute atomic E-state index is 6.21. The highest BCUT2D eigenvalue weighted by Gasteiger charge is 2.30. The topological polar surface area (TPSA) is 27.7 Å². The molecule has 0 saturated carbocycles. The lowest BCUT2D eigenvalue weighted by Gasteiger charge is -2.23. The predicted molar refractivity (Wildman–Crippen MR) is 102 cm³/mol. The second-order valence-electron chi connectivity index (χ2n) is 7.44. The lowest BCUT2D eigenvalue weighted by atomic mass is 10.0. The molecule has 1 heterocycles. The summed E-state index contributed by atoms with van der Waals surface area (Å²) >= 11 is 0. The van der Waals surface area contributed by atoms with Crippen molar-refractivity contribution in [3.8, 4) is 0 Å². The first-order chi connectivity index (χ1) is 11.7.